The van der Waals surface area contributed by atoms with Crippen LogP contribution in [0, 0.1) is 0 Å². The average molecular weight is 763 g/mol. The number of carboxylic acids is 2. The molecule has 0 radical (unpaired) electrons. The van der Waals surface area contributed by atoms with Crippen molar-refractivity contribution < 1.29 is 58.2 Å². The Morgan fingerprint density at radius 3 is 1.67 bits per heavy atom. The van der Waals surface area contributed by atoms with Crippen molar-refractivity contribution in [3.05, 3.63) is 0 Å². The van der Waals surface area contributed by atoms with Crippen LogP contribution >= 0.6 is 12.6 Å². The molecule has 0 aliphatic carbocycles. The van der Waals surface area contributed by atoms with Crippen molar-refractivity contribution in [2.45, 2.75) is 81.7 Å². The van der Waals surface area contributed by atoms with E-state index in [2.05, 4.69) is 44.2 Å². The number of rotatable bonds is 25. The van der Waals surface area contributed by atoms with Crippen molar-refractivity contribution in [2.24, 2.45) is 33.7 Å². The second-order valence-corrected chi connectivity index (χ2v) is 11.5. The lowest BCUT2D eigenvalue weighted by Crippen LogP contribution is -2.59. The van der Waals surface area contributed by atoms with E-state index in [9.17, 15) is 53.1 Å². The van der Waals surface area contributed by atoms with E-state index in [1.165, 1.54) is 0 Å². The second-order valence-electron chi connectivity index (χ2n) is 11.1. The molecule has 0 heterocycles. The molecule has 0 aliphatic rings. The van der Waals surface area contributed by atoms with Gasteiger partial charge in [0.1, 0.15) is 30.2 Å². The normalized spacial score (nSPS) is 14.0. The summed E-state index contributed by atoms with van der Waals surface area (Å²) in [4.78, 5) is 126. The van der Waals surface area contributed by atoms with Crippen LogP contribution in [-0.2, 0) is 47.9 Å². The minimum Gasteiger partial charge on any atom is -0.481 e. The van der Waals surface area contributed by atoms with Gasteiger partial charge >= 0.3 is 11.9 Å². The van der Waals surface area contributed by atoms with E-state index in [-0.39, 0.29) is 31.1 Å². The molecular formula is C27H46N12O12S. The minimum atomic E-state index is -1.81. The molecule has 0 rings (SSSR count). The Morgan fingerprint density at radius 1 is 0.673 bits per heavy atom. The van der Waals surface area contributed by atoms with Gasteiger partial charge in [0.05, 0.1) is 25.4 Å². The molecule has 0 spiro atoms. The summed E-state index contributed by atoms with van der Waals surface area (Å²) in [6, 6.07) is -9.11. The Kier molecular flexibility index (Phi) is 21.0. The van der Waals surface area contributed by atoms with Gasteiger partial charge in [0.25, 0.3) is 0 Å². The first kappa shape index (κ1) is 46.3. The Hall–Kier alpha value is -5.72. The molecule has 0 saturated carbocycles. The quantitative estimate of drug-likeness (QED) is 0.0178. The molecule has 292 valence electrons. The molecule has 0 saturated heterocycles. The maximum atomic E-state index is 13.3. The first-order valence-electron chi connectivity index (χ1n) is 15.4. The summed E-state index contributed by atoms with van der Waals surface area (Å²) in [7, 11) is 0. The third-order valence-electron chi connectivity index (χ3n) is 6.64. The Morgan fingerprint density at radius 2 is 1.17 bits per heavy atom. The molecule has 0 unspecified atom stereocenters. The molecule has 0 bridgehead atoms. The lowest BCUT2D eigenvalue weighted by atomic mass is 10.1. The van der Waals surface area contributed by atoms with E-state index in [1.54, 1.807) is 0 Å². The summed E-state index contributed by atoms with van der Waals surface area (Å²) in [5.41, 5.74) is 26.4. The summed E-state index contributed by atoms with van der Waals surface area (Å²) in [5.74, 6) is -11.4. The predicted octanol–water partition coefficient (Wildman–Crippen LogP) is -7.44. The van der Waals surface area contributed by atoms with Crippen molar-refractivity contribution in [1.82, 2.24) is 31.9 Å². The van der Waals surface area contributed by atoms with Crippen molar-refractivity contribution >= 4 is 77.8 Å². The van der Waals surface area contributed by atoms with Crippen LogP contribution in [0.25, 0.3) is 0 Å². The highest BCUT2D eigenvalue weighted by Gasteiger charge is 2.32. The Balaban J connectivity index is 5.90. The molecule has 25 heteroatoms. The van der Waals surface area contributed by atoms with Gasteiger partial charge in [-0.2, -0.15) is 12.6 Å². The fraction of sp³-hybridized carbons (Fsp3) is 0.593. The number of carbonyl (C=O) groups excluding carboxylic acids is 8. The average Bonchev–Trinajstić information content (AvgIpc) is 3.04. The van der Waals surface area contributed by atoms with Gasteiger partial charge in [-0.05, 0) is 26.2 Å². The highest BCUT2D eigenvalue weighted by Crippen LogP contribution is 2.04. The zero-order valence-corrected chi connectivity index (χ0v) is 29.0. The Bertz CT molecular complexity index is 1380. The third-order valence-corrected chi connectivity index (χ3v) is 7.04. The van der Waals surface area contributed by atoms with Crippen LogP contribution < -0.4 is 60.6 Å². The number of nitrogens with two attached hydrogens (primary N) is 5. The fourth-order valence-electron chi connectivity index (χ4n) is 3.97. The van der Waals surface area contributed by atoms with Gasteiger partial charge in [-0.3, -0.25) is 48.1 Å². The van der Waals surface area contributed by atoms with Crippen molar-refractivity contribution in [3.8, 4) is 0 Å². The van der Waals surface area contributed by atoms with E-state index < -0.39 is 128 Å². The first-order valence-corrected chi connectivity index (χ1v) is 16.0. The zero-order chi connectivity index (χ0) is 40.1. The van der Waals surface area contributed by atoms with Gasteiger partial charge in [-0.1, -0.05) is 0 Å². The van der Waals surface area contributed by atoms with Gasteiger partial charge in [0.15, 0.2) is 5.96 Å². The fourth-order valence-corrected chi connectivity index (χ4v) is 4.13. The molecule has 0 aromatic carbocycles. The van der Waals surface area contributed by atoms with Crippen LogP contribution in [0.4, 0.5) is 0 Å². The molecule has 0 fully saturated rings. The predicted molar refractivity (Wildman–Crippen MR) is 182 cm³/mol. The van der Waals surface area contributed by atoms with E-state index in [0.29, 0.717) is 0 Å². The SMILES string of the molecule is C[C@H](NC(=O)[C@H](CC(N)=O)NC(=O)[C@H](CCCN=C(N)N)NC(=O)CNC(=O)[C@@H](N)CS)C(=O)N[C@@H](CCC(=O)O)C(=O)N[C@@H](CC(N)=O)C(=O)O. The smallest absolute Gasteiger partial charge is 0.326 e. The number of amides is 8. The van der Waals surface area contributed by atoms with Gasteiger partial charge in [-0.15, -0.1) is 0 Å². The van der Waals surface area contributed by atoms with Crippen LogP contribution in [0.2, 0.25) is 0 Å². The number of carbonyl (C=O) groups is 10. The molecule has 0 aliphatic heterocycles. The van der Waals surface area contributed by atoms with Crippen LogP contribution in [0.15, 0.2) is 4.99 Å². The van der Waals surface area contributed by atoms with Crippen molar-refractivity contribution in [3.63, 3.8) is 0 Å². The van der Waals surface area contributed by atoms with E-state index in [4.69, 9.17) is 33.8 Å². The van der Waals surface area contributed by atoms with Crippen LogP contribution in [-0.4, -0.2) is 130 Å². The second kappa shape index (κ2) is 23.6. The largest absolute Gasteiger partial charge is 0.481 e. The number of carboxylic acid groups (broad SMARTS) is 2. The number of aliphatic carboxylic acids is 2. The van der Waals surface area contributed by atoms with Crippen LogP contribution in [0.3, 0.4) is 0 Å². The monoisotopic (exact) mass is 762 g/mol. The molecule has 24 nitrogen and oxygen atoms in total. The number of aliphatic imine (C=N–C) groups is 1. The van der Waals surface area contributed by atoms with Crippen LogP contribution in [0.1, 0.15) is 45.4 Å². The maximum Gasteiger partial charge on any atom is 0.326 e. The molecule has 6 atom stereocenters. The van der Waals surface area contributed by atoms with Crippen molar-refractivity contribution in [2.75, 3.05) is 18.8 Å². The van der Waals surface area contributed by atoms with E-state index in [0.717, 1.165) is 6.92 Å². The maximum absolute atomic E-state index is 13.3. The summed E-state index contributed by atoms with van der Waals surface area (Å²) in [6.45, 7) is 0.556. The van der Waals surface area contributed by atoms with E-state index >= 15 is 0 Å². The van der Waals surface area contributed by atoms with Gasteiger partial charge in [0, 0.05) is 18.7 Å². The lowest BCUT2D eigenvalue weighted by molar-refractivity contribution is -0.144. The Labute approximate surface area is 301 Å². The third kappa shape index (κ3) is 19.5. The number of hydrogen-bond acceptors (Lipinski definition) is 13. The van der Waals surface area contributed by atoms with Gasteiger partial charge in [-0.25, -0.2) is 4.79 Å². The summed E-state index contributed by atoms with van der Waals surface area (Å²) < 4.78 is 0. The lowest BCUT2D eigenvalue weighted by Gasteiger charge is -2.25. The highest BCUT2D eigenvalue weighted by molar-refractivity contribution is 7.80. The van der Waals surface area contributed by atoms with Crippen LogP contribution in [0.5, 0.6) is 0 Å². The van der Waals surface area contributed by atoms with Crippen molar-refractivity contribution in [1.29, 1.82) is 0 Å². The van der Waals surface area contributed by atoms with Gasteiger partial charge < -0.3 is 70.8 Å². The van der Waals surface area contributed by atoms with Gasteiger partial charge in [0.2, 0.25) is 47.3 Å². The highest BCUT2D eigenvalue weighted by atomic mass is 32.1. The summed E-state index contributed by atoms with van der Waals surface area (Å²) in [5, 5.41) is 31.5. The molecule has 8 amide bonds. The summed E-state index contributed by atoms with van der Waals surface area (Å²) in [6.07, 6.45) is -2.80. The minimum absolute atomic E-state index is 0.0148. The molecule has 52 heavy (non-hydrogen) atoms. The molecule has 0 aromatic rings. The number of primary amides is 2. The topological polar surface area (TPSA) is 426 Å². The molecule has 0 aromatic heterocycles. The number of thiol groups is 1. The number of guanidine groups is 1. The molecule has 18 N–H and O–H groups in total. The number of nitrogens with one attached hydrogen (secondary N) is 6. The standard InChI is InChI=1S/C27H46N12O12S/c1-11(21(45)37-14(4-5-20(43)44)24(48)39-16(26(50)51)8-18(30)41)35-25(49)15(7-17(29)40)38-23(47)13(3-2-6-33-27(31)32)36-19(42)9-34-22(46)12(28)10-52/h11-16,52H,2-10,28H2,1H3,(H2,29,40)(H2,30,41)(H,34,46)(H,35,49)(H,36,42)(H,37,45)(H,38,47)(H,39,48)(H,43,44)(H,50,51)(H4,31,32,33)/t11-,12-,13-,14-,15-,16-/m0/s1. The summed E-state index contributed by atoms with van der Waals surface area (Å²) >= 11 is 3.89. The number of hydrogen-bond donors (Lipinski definition) is 14. The number of nitrogens with zero attached hydrogens (tertiary/aromatic N) is 1. The first-order chi connectivity index (χ1) is 24.2. The zero-order valence-electron chi connectivity index (χ0n) is 28.1. The molecular weight excluding hydrogens is 716 g/mol. The van der Waals surface area contributed by atoms with E-state index in [1.807, 2.05) is 5.32 Å².